The summed E-state index contributed by atoms with van der Waals surface area (Å²) in [6.07, 6.45) is 0.0567. The van der Waals surface area contributed by atoms with Crippen molar-refractivity contribution in [3.05, 3.63) is 54.1 Å². The summed E-state index contributed by atoms with van der Waals surface area (Å²) in [6, 6.07) is 15.0. The van der Waals surface area contributed by atoms with Gasteiger partial charge in [0.25, 0.3) is 5.91 Å². The lowest BCUT2D eigenvalue weighted by atomic mass is 10.1. The van der Waals surface area contributed by atoms with Crippen molar-refractivity contribution in [2.75, 3.05) is 36.4 Å². The lowest BCUT2D eigenvalue weighted by Gasteiger charge is -2.37. The van der Waals surface area contributed by atoms with Crippen molar-refractivity contribution in [2.24, 2.45) is 5.92 Å². The Labute approximate surface area is 178 Å². The summed E-state index contributed by atoms with van der Waals surface area (Å²) in [5.74, 6) is 0.772. The van der Waals surface area contributed by atoms with E-state index in [4.69, 9.17) is 4.74 Å². The van der Waals surface area contributed by atoms with Crippen LogP contribution in [-0.2, 0) is 4.79 Å². The van der Waals surface area contributed by atoms with Crippen LogP contribution in [0.5, 0.6) is 5.75 Å². The Bertz CT molecular complexity index is 870. The van der Waals surface area contributed by atoms with Gasteiger partial charge in [-0.05, 0) is 56.3 Å². The average molecular weight is 410 g/mol. The van der Waals surface area contributed by atoms with Crippen LogP contribution in [0, 0.1) is 5.92 Å². The molecule has 1 heterocycles. The zero-order valence-electron chi connectivity index (χ0n) is 18.2. The van der Waals surface area contributed by atoms with Gasteiger partial charge in [0, 0.05) is 49.0 Å². The summed E-state index contributed by atoms with van der Waals surface area (Å²) in [6.45, 7) is 10.9. The van der Waals surface area contributed by atoms with Crippen molar-refractivity contribution in [1.82, 2.24) is 4.90 Å². The van der Waals surface area contributed by atoms with Crippen LogP contribution in [0.25, 0.3) is 0 Å². The van der Waals surface area contributed by atoms with Crippen LogP contribution in [0.1, 0.15) is 38.1 Å². The summed E-state index contributed by atoms with van der Waals surface area (Å²) >= 11 is 0. The third-order valence-electron chi connectivity index (χ3n) is 5.04. The van der Waals surface area contributed by atoms with Gasteiger partial charge >= 0.3 is 0 Å². The first kappa shape index (κ1) is 21.7. The maximum absolute atomic E-state index is 12.6. The molecule has 0 unspecified atom stereocenters. The molecular weight excluding hydrogens is 378 g/mol. The Hall–Kier alpha value is -3.02. The second-order valence-electron chi connectivity index (χ2n) is 8.16. The van der Waals surface area contributed by atoms with Crippen molar-refractivity contribution in [3.8, 4) is 5.75 Å². The molecule has 0 spiro atoms. The zero-order valence-corrected chi connectivity index (χ0v) is 18.2. The summed E-state index contributed by atoms with van der Waals surface area (Å²) < 4.78 is 5.66. The lowest BCUT2D eigenvalue weighted by Crippen LogP contribution is -2.49. The van der Waals surface area contributed by atoms with Gasteiger partial charge in [0.15, 0.2) is 0 Å². The van der Waals surface area contributed by atoms with Crippen molar-refractivity contribution in [3.63, 3.8) is 0 Å². The molecule has 3 rings (SSSR count). The molecule has 0 aliphatic carbocycles. The fourth-order valence-electron chi connectivity index (χ4n) is 3.49. The molecule has 30 heavy (non-hydrogen) atoms. The van der Waals surface area contributed by atoms with E-state index in [0.29, 0.717) is 11.3 Å². The van der Waals surface area contributed by atoms with Gasteiger partial charge in [-0.25, -0.2) is 0 Å². The highest BCUT2D eigenvalue weighted by atomic mass is 16.5. The van der Waals surface area contributed by atoms with E-state index < -0.39 is 0 Å². The van der Waals surface area contributed by atoms with E-state index in [2.05, 4.69) is 10.2 Å². The first-order chi connectivity index (χ1) is 14.3. The number of benzene rings is 2. The molecule has 2 aromatic rings. The molecule has 0 atom stereocenters. The van der Waals surface area contributed by atoms with E-state index in [1.807, 2.05) is 69.0 Å². The van der Waals surface area contributed by atoms with E-state index in [9.17, 15) is 9.59 Å². The molecule has 0 aromatic heterocycles. The number of anilines is 2. The minimum Gasteiger partial charge on any atom is -0.491 e. The number of rotatable bonds is 6. The van der Waals surface area contributed by atoms with E-state index in [0.717, 1.165) is 37.6 Å². The summed E-state index contributed by atoms with van der Waals surface area (Å²) in [7, 11) is 0. The predicted molar refractivity (Wildman–Crippen MR) is 120 cm³/mol. The zero-order chi connectivity index (χ0) is 21.7. The number of hydrogen-bond acceptors (Lipinski definition) is 4. The van der Waals surface area contributed by atoms with Crippen LogP contribution in [0.15, 0.2) is 48.5 Å². The Morgan fingerprint density at radius 3 is 2.20 bits per heavy atom. The normalized spacial score (nSPS) is 14.2. The molecule has 6 heteroatoms. The quantitative estimate of drug-likeness (QED) is 0.782. The summed E-state index contributed by atoms with van der Waals surface area (Å²) in [4.78, 5) is 28.9. The monoisotopic (exact) mass is 409 g/mol. The third-order valence-corrected chi connectivity index (χ3v) is 5.04. The second-order valence-corrected chi connectivity index (χ2v) is 8.16. The largest absolute Gasteiger partial charge is 0.491 e. The number of carbonyl (C=O) groups is 2. The van der Waals surface area contributed by atoms with Crippen LogP contribution < -0.4 is 15.0 Å². The average Bonchev–Trinajstić information content (AvgIpc) is 2.73. The lowest BCUT2D eigenvalue weighted by molar-refractivity contribution is -0.134. The Balaban J connectivity index is 1.57. The number of piperazine rings is 1. The Morgan fingerprint density at radius 1 is 0.933 bits per heavy atom. The number of carbonyl (C=O) groups excluding carboxylic acids is 2. The third kappa shape index (κ3) is 5.53. The first-order valence-corrected chi connectivity index (χ1v) is 10.6. The number of amides is 2. The smallest absolute Gasteiger partial charge is 0.255 e. The number of hydrogen-bond donors (Lipinski definition) is 1. The molecule has 1 fully saturated rings. The molecule has 6 nitrogen and oxygen atoms in total. The first-order valence-electron chi connectivity index (χ1n) is 10.6. The molecule has 1 N–H and O–H groups in total. The van der Waals surface area contributed by atoms with Crippen LogP contribution in [-0.4, -0.2) is 49.0 Å². The Kier molecular flexibility index (Phi) is 6.98. The van der Waals surface area contributed by atoms with Crippen molar-refractivity contribution in [2.45, 2.75) is 33.8 Å². The fourth-order valence-corrected chi connectivity index (χ4v) is 3.49. The molecule has 160 valence electrons. The van der Waals surface area contributed by atoms with Gasteiger partial charge in [0.2, 0.25) is 5.91 Å². The van der Waals surface area contributed by atoms with Gasteiger partial charge < -0.3 is 19.9 Å². The summed E-state index contributed by atoms with van der Waals surface area (Å²) in [5, 5.41) is 2.94. The van der Waals surface area contributed by atoms with E-state index >= 15 is 0 Å². The highest BCUT2D eigenvalue weighted by Gasteiger charge is 2.22. The highest BCUT2D eigenvalue weighted by molar-refractivity contribution is 6.04. The molecule has 1 aliphatic rings. The van der Waals surface area contributed by atoms with Crippen LogP contribution in [0.4, 0.5) is 11.4 Å². The molecular formula is C24H31N3O3. The van der Waals surface area contributed by atoms with Gasteiger partial charge in [-0.1, -0.05) is 19.9 Å². The van der Waals surface area contributed by atoms with Crippen LogP contribution in [0.3, 0.4) is 0 Å². The van der Waals surface area contributed by atoms with E-state index in [1.165, 1.54) is 0 Å². The fraction of sp³-hybridized carbons (Fsp3) is 0.417. The topological polar surface area (TPSA) is 61.9 Å². The number of ether oxygens (including phenoxy) is 1. The van der Waals surface area contributed by atoms with Gasteiger partial charge in [-0.15, -0.1) is 0 Å². The van der Waals surface area contributed by atoms with Crippen molar-refractivity contribution in [1.29, 1.82) is 0 Å². The van der Waals surface area contributed by atoms with Crippen LogP contribution in [0.2, 0.25) is 0 Å². The van der Waals surface area contributed by atoms with Gasteiger partial charge in [0.1, 0.15) is 5.75 Å². The second kappa shape index (κ2) is 9.65. The van der Waals surface area contributed by atoms with Crippen molar-refractivity contribution >= 4 is 23.2 Å². The van der Waals surface area contributed by atoms with Gasteiger partial charge in [-0.3, -0.25) is 9.59 Å². The molecule has 1 saturated heterocycles. The maximum Gasteiger partial charge on any atom is 0.255 e. The Morgan fingerprint density at radius 2 is 1.60 bits per heavy atom. The molecule has 0 bridgehead atoms. The summed E-state index contributed by atoms with van der Waals surface area (Å²) in [5.41, 5.74) is 2.40. The minimum absolute atomic E-state index is 0.0390. The van der Waals surface area contributed by atoms with Crippen LogP contribution >= 0.6 is 0 Å². The maximum atomic E-state index is 12.6. The van der Waals surface area contributed by atoms with E-state index in [-0.39, 0.29) is 23.8 Å². The number of nitrogens with zero attached hydrogens (tertiary/aromatic N) is 2. The SMILES string of the molecule is CC(C)Oc1cccc(C(=O)Nc2ccc(N3CCN(C(=O)C(C)C)CC3)cc2)c1. The predicted octanol–water partition coefficient (Wildman–Crippen LogP) is 4.03. The molecule has 0 radical (unpaired) electrons. The van der Waals surface area contributed by atoms with E-state index in [1.54, 1.807) is 12.1 Å². The molecule has 0 saturated carbocycles. The molecule has 1 aliphatic heterocycles. The van der Waals surface area contributed by atoms with Gasteiger partial charge in [-0.2, -0.15) is 0 Å². The minimum atomic E-state index is -0.169. The number of nitrogens with one attached hydrogen (secondary N) is 1. The standard InChI is InChI=1S/C24H31N3O3/c1-17(2)24(29)27-14-12-26(13-15-27)21-10-8-20(9-11-21)25-23(28)19-6-5-7-22(16-19)30-18(3)4/h5-11,16-18H,12-15H2,1-4H3,(H,25,28). The highest BCUT2D eigenvalue weighted by Crippen LogP contribution is 2.21. The van der Waals surface area contributed by atoms with Crippen molar-refractivity contribution < 1.29 is 14.3 Å². The molecule has 2 aromatic carbocycles. The van der Waals surface area contributed by atoms with Gasteiger partial charge in [0.05, 0.1) is 6.10 Å². The molecule has 2 amide bonds.